The van der Waals surface area contributed by atoms with Crippen LogP contribution < -0.4 is 10.2 Å². The van der Waals surface area contributed by atoms with Gasteiger partial charge in [-0.3, -0.25) is 19.5 Å². The first-order valence-corrected chi connectivity index (χ1v) is 9.28. The van der Waals surface area contributed by atoms with E-state index in [0.29, 0.717) is 11.3 Å². The van der Waals surface area contributed by atoms with Gasteiger partial charge in [0.05, 0.1) is 23.7 Å². The Morgan fingerprint density at radius 3 is 2.65 bits per heavy atom. The van der Waals surface area contributed by atoms with Crippen LogP contribution in [0.2, 0.25) is 0 Å². The number of aromatic nitrogens is 1. The lowest BCUT2D eigenvalue weighted by molar-refractivity contribution is -0.122. The molecule has 26 heavy (non-hydrogen) atoms. The number of carbonyl (C=O) groups is 2. The van der Waals surface area contributed by atoms with Gasteiger partial charge in [-0.1, -0.05) is 30.5 Å². The summed E-state index contributed by atoms with van der Waals surface area (Å²) < 4.78 is 0. The molecule has 2 aliphatic rings. The van der Waals surface area contributed by atoms with Crippen LogP contribution in [0.3, 0.4) is 0 Å². The number of hydrogen-bond donors (Lipinski definition) is 1. The average Bonchev–Trinajstić information content (AvgIpc) is 3.24. The lowest BCUT2D eigenvalue weighted by atomic mass is 10.1. The van der Waals surface area contributed by atoms with Gasteiger partial charge in [0.25, 0.3) is 5.91 Å². The second kappa shape index (κ2) is 6.90. The van der Waals surface area contributed by atoms with Crippen molar-refractivity contribution in [2.75, 3.05) is 4.90 Å². The van der Waals surface area contributed by atoms with E-state index in [1.54, 1.807) is 23.2 Å². The van der Waals surface area contributed by atoms with Crippen molar-refractivity contribution in [1.82, 2.24) is 10.3 Å². The van der Waals surface area contributed by atoms with E-state index in [0.717, 1.165) is 24.1 Å². The van der Waals surface area contributed by atoms with Gasteiger partial charge < -0.3 is 5.32 Å². The minimum absolute atomic E-state index is 0.00897. The molecule has 1 saturated carbocycles. The zero-order valence-electron chi connectivity index (χ0n) is 14.9. The second-order valence-corrected chi connectivity index (χ2v) is 7.22. The van der Waals surface area contributed by atoms with Crippen LogP contribution in [0.25, 0.3) is 0 Å². The summed E-state index contributed by atoms with van der Waals surface area (Å²) in [4.78, 5) is 31.7. The van der Waals surface area contributed by atoms with Crippen molar-refractivity contribution >= 4 is 17.5 Å². The first kappa shape index (κ1) is 16.8. The Labute approximate surface area is 153 Å². The van der Waals surface area contributed by atoms with E-state index in [2.05, 4.69) is 10.3 Å². The second-order valence-electron chi connectivity index (χ2n) is 7.22. The van der Waals surface area contributed by atoms with Gasteiger partial charge in [-0.25, -0.2) is 0 Å². The average molecular weight is 349 g/mol. The van der Waals surface area contributed by atoms with Crippen LogP contribution in [0.15, 0.2) is 42.6 Å². The van der Waals surface area contributed by atoms with Gasteiger partial charge in [0.2, 0.25) is 5.91 Å². The molecule has 1 aromatic carbocycles. The summed E-state index contributed by atoms with van der Waals surface area (Å²) in [6.45, 7) is 2.01. The Morgan fingerprint density at radius 1 is 1.19 bits per heavy atom. The Kier molecular flexibility index (Phi) is 4.45. The molecule has 1 aromatic heterocycles. The minimum atomic E-state index is -0.359. The third kappa shape index (κ3) is 3.09. The Balaban J connectivity index is 1.62. The van der Waals surface area contributed by atoms with Crippen molar-refractivity contribution in [2.24, 2.45) is 0 Å². The highest BCUT2D eigenvalue weighted by molar-refractivity contribution is 6.11. The highest BCUT2D eigenvalue weighted by Gasteiger charge is 2.40. The van der Waals surface area contributed by atoms with Crippen molar-refractivity contribution in [2.45, 2.75) is 51.1 Å². The first-order chi connectivity index (χ1) is 12.6. The molecule has 0 saturated heterocycles. The molecule has 2 heterocycles. The number of nitrogens with zero attached hydrogens (tertiary/aromatic N) is 2. The molecule has 0 spiro atoms. The summed E-state index contributed by atoms with van der Waals surface area (Å²) in [5.41, 5.74) is 3.22. The molecule has 5 heteroatoms. The predicted molar refractivity (Wildman–Crippen MR) is 100.0 cm³/mol. The maximum atomic E-state index is 13.0. The van der Waals surface area contributed by atoms with Gasteiger partial charge in [0, 0.05) is 17.9 Å². The van der Waals surface area contributed by atoms with Gasteiger partial charge >= 0.3 is 0 Å². The fraction of sp³-hybridized carbons (Fsp3) is 0.381. The maximum Gasteiger partial charge on any atom is 0.260 e. The number of nitrogens with one attached hydrogen (secondary N) is 1. The van der Waals surface area contributed by atoms with E-state index in [1.165, 1.54) is 12.8 Å². The number of fused-ring (bicyclic) bond motifs is 1. The number of rotatable bonds is 4. The molecular formula is C21H23N3O2. The summed E-state index contributed by atoms with van der Waals surface area (Å²) in [6.07, 6.45) is 6.37. The fourth-order valence-electron chi connectivity index (χ4n) is 3.98. The van der Waals surface area contributed by atoms with E-state index in [-0.39, 0.29) is 30.3 Å². The SMILES string of the molecule is Cc1ccc(N2C(=O)c3cccnc3C2CC(=O)NC2CCCC2)cc1. The van der Waals surface area contributed by atoms with Crippen molar-refractivity contribution in [1.29, 1.82) is 0 Å². The topological polar surface area (TPSA) is 62.3 Å². The Morgan fingerprint density at radius 2 is 1.92 bits per heavy atom. The van der Waals surface area contributed by atoms with Gasteiger partial charge in [-0.15, -0.1) is 0 Å². The zero-order chi connectivity index (χ0) is 18.1. The van der Waals surface area contributed by atoms with Crippen LogP contribution in [-0.2, 0) is 4.79 Å². The van der Waals surface area contributed by atoms with Gasteiger partial charge in [-0.05, 0) is 44.0 Å². The number of benzene rings is 1. The minimum Gasteiger partial charge on any atom is -0.353 e. The van der Waals surface area contributed by atoms with Crippen LogP contribution in [-0.4, -0.2) is 22.8 Å². The molecule has 1 fully saturated rings. The normalized spacial score (nSPS) is 19.7. The van der Waals surface area contributed by atoms with Crippen molar-refractivity contribution in [3.05, 3.63) is 59.4 Å². The van der Waals surface area contributed by atoms with Crippen LogP contribution in [0.4, 0.5) is 5.69 Å². The van der Waals surface area contributed by atoms with Gasteiger partial charge in [0.1, 0.15) is 0 Å². The highest BCUT2D eigenvalue weighted by Crippen LogP contribution is 2.38. The van der Waals surface area contributed by atoms with Crippen molar-refractivity contribution in [3.8, 4) is 0 Å². The summed E-state index contributed by atoms with van der Waals surface area (Å²) in [5, 5.41) is 3.13. The monoisotopic (exact) mass is 349 g/mol. The lowest BCUT2D eigenvalue weighted by Gasteiger charge is -2.25. The molecule has 5 nitrogen and oxygen atoms in total. The quantitative estimate of drug-likeness (QED) is 0.918. The van der Waals surface area contributed by atoms with E-state index in [4.69, 9.17) is 0 Å². The number of carbonyl (C=O) groups excluding carboxylic acids is 2. The van der Waals surface area contributed by atoms with Crippen molar-refractivity contribution < 1.29 is 9.59 Å². The van der Waals surface area contributed by atoms with E-state index >= 15 is 0 Å². The third-order valence-corrected chi connectivity index (χ3v) is 5.33. The fourth-order valence-corrected chi connectivity index (χ4v) is 3.98. The first-order valence-electron chi connectivity index (χ1n) is 9.28. The molecule has 1 aliphatic carbocycles. The molecule has 1 N–H and O–H groups in total. The summed E-state index contributed by atoms with van der Waals surface area (Å²) in [7, 11) is 0. The molecule has 1 aliphatic heterocycles. The number of hydrogen-bond acceptors (Lipinski definition) is 3. The zero-order valence-corrected chi connectivity index (χ0v) is 14.9. The standard InChI is InChI=1S/C21H23N3O2/c1-14-8-10-16(11-9-14)24-18(13-19(25)23-15-5-2-3-6-15)20-17(21(24)26)7-4-12-22-20/h4,7-12,15,18H,2-3,5-6,13H2,1H3,(H,23,25). The molecule has 4 rings (SSSR count). The largest absolute Gasteiger partial charge is 0.353 e. The molecule has 1 atom stereocenters. The molecule has 0 bridgehead atoms. The van der Waals surface area contributed by atoms with Crippen LogP contribution in [0.1, 0.15) is 59.8 Å². The predicted octanol–water partition coefficient (Wildman–Crippen LogP) is 3.54. The third-order valence-electron chi connectivity index (χ3n) is 5.33. The maximum absolute atomic E-state index is 13.0. The summed E-state index contributed by atoms with van der Waals surface area (Å²) in [6, 6.07) is 11.3. The van der Waals surface area contributed by atoms with Crippen LogP contribution in [0.5, 0.6) is 0 Å². The van der Waals surface area contributed by atoms with Crippen molar-refractivity contribution in [3.63, 3.8) is 0 Å². The molecule has 2 aromatic rings. The van der Waals surface area contributed by atoms with E-state index in [9.17, 15) is 9.59 Å². The number of aryl methyl sites for hydroxylation is 1. The Bertz CT molecular complexity index is 825. The van der Waals surface area contributed by atoms with Crippen LogP contribution in [0, 0.1) is 6.92 Å². The molecule has 2 amide bonds. The number of pyridine rings is 1. The molecular weight excluding hydrogens is 326 g/mol. The molecule has 0 radical (unpaired) electrons. The molecule has 1 unspecified atom stereocenters. The summed E-state index contributed by atoms with van der Waals surface area (Å²) in [5.74, 6) is -0.0964. The van der Waals surface area contributed by atoms with Gasteiger partial charge in [0.15, 0.2) is 0 Å². The Hall–Kier alpha value is -2.69. The number of anilines is 1. The highest BCUT2D eigenvalue weighted by atomic mass is 16.2. The van der Waals surface area contributed by atoms with Gasteiger partial charge in [-0.2, -0.15) is 0 Å². The smallest absolute Gasteiger partial charge is 0.260 e. The molecule has 134 valence electrons. The van der Waals surface area contributed by atoms with Crippen LogP contribution >= 0.6 is 0 Å². The number of amides is 2. The van der Waals surface area contributed by atoms with E-state index in [1.807, 2.05) is 31.2 Å². The lowest BCUT2D eigenvalue weighted by Crippen LogP contribution is -2.36. The van der Waals surface area contributed by atoms with E-state index < -0.39 is 0 Å². The summed E-state index contributed by atoms with van der Waals surface area (Å²) >= 11 is 0.